The van der Waals surface area contributed by atoms with Gasteiger partial charge < -0.3 is 19.7 Å². The summed E-state index contributed by atoms with van der Waals surface area (Å²) in [4.78, 5) is 24.4. The molecule has 4 aliphatic rings. The zero-order valence-corrected chi connectivity index (χ0v) is 26.0. The molecule has 0 aliphatic heterocycles. The van der Waals surface area contributed by atoms with Gasteiger partial charge in [0.25, 0.3) is 0 Å². The maximum Gasteiger partial charge on any atom is 0.306 e. The number of esters is 2. The molecule has 0 radical (unpaired) electrons. The number of ether oxygens (including phenoxy) is 2. The van der Waals surface area contributed by atoms with Gasteiger partial charge in [-0.15, -0.1) is 0 Å². The number of hydrogen-bond acceptors (Lipinski definition) is 6. The van der Waals surface area contributed by atoms with Crippen LogP contribution >= 0.6 is 0 Å². The molecule has 0 aromatic rings. The number of fused-ring (bicyclic) bond motifs is 5. The van der Waals surface area contributed by atoms with E-state index >= 15 is 0 Å². The highest BCUT2D eigenvalue weighted by molar-refractivity contribution is 5.77. The lowest BCUT2D eigenvalue weighted by Crippen LogP contribution is -2.54. The Kier molecular flexibility index (Phi) is 10.7. The first-order valence-electron chi connectivity index (χ1n) is 16.6. The molecule has 9 atom stereocenters. The Hall–Kier alpha value is -1.14. The Morgan fingerprint density at radius 1 is 0.825 bits per heavy atom. The third-order valence-electron chi connectivity index (χ3n) is 12.4. The second kappa shape index (κ2) is 13.4. The van der Waals surface area contributed by atoms with Gasteiger partial charge in [0.15, 0.2) is 0 Å². The van der Waals surface area contributed by atoms with Crippen molar-refractivity contribution in [1.29, 1.82) is 0 Å². The Morgan fingerprint density at radius 3 is 2.20 bits per heavy atom. The summed E-state index contributed by atoms with van der Waals surface area (Å²) in [5.74, 6) is 4.75. The van der Waals surface area contributed by atoms with Crippen molar-refractivity contribution in [3.8, 4) is 0 Å². The summed E-state index contributed by atoms with van der Waals surface area (Å²) in [6.45, 7) is 11.6. The van der Waals surface area contributed by atoms with E-state index in [9.17, 15) is 9.59 Å². The molecule has 4 unspecified atom stereocenters. The van der Waals surface area contributed by atoms with Gasteiger partial charge in [0, 0.05) is 0 Å². The zero-order chi connectivity index (χ0) is 29.1. The van der Waals surface area contributed by atoms with Crippen LogP contribution in [0.15, 0.2) is 0 Å². The zero-order valence-electron chi connectivity index (χ0n) is 26.0. The normalized spacial score (nSPS) is 37.9. The number of aliphatic hydroxyl groups excluding tert-OH is 2. The van der Waals surface area contributed by atoms with Crippen molar-refractivity contribution in [2.75, 3.05) is 13.2 Å². The van der Waals surface area contributed by atoms with Crippen LogP contribution in [0.2, 0.25) is 0 Å². The molecule has 0 aromatic heterocycles. The molecular formula is C34H58O6. The SMILES string of the molecule is CC(C)CCC[C@@H](C)[C@H]1CCC2C3CCC4C[C@@H](OC(=O)CCC(=O)OC(CO)CO)CC[C@]4(C)C3CC[C@@]21C. The van der Waals surface area contributed by atoms with Gasteiger partial charge in [-0.05, 0) is 110 Å². The third-order valence-corrected chi connectivity index (χ3v) is 12.4. The first-order valence-corrected chi connectivity index (χ1v) is 16.6. The van der Waals surface area contributed by atoms with E-state index in [4.69, 9.17) is 19.7 Å². The van der Waals surface area contributed by atoms with Crippen LogP contribution in [-0.4, -0.2) is 47.6 Å². The van der Waals surface area contributed by atoms with Gasteiger partial charge in [0.2, 0.25) is 0 Å². The molecule has 0 heterocycles. The highest BCUT2D eigenvalue weighted by atomic mass is 16.6. The second-order valence-corrected chi connectivity index (χ2v) is 15.1. The fourth-order valence-electron chi connectivity index (χ4n) is 10.2. The molecule has 4 fully saturated rings. The van der Waals surface area contributed by atoms with Crippen molar-refractivity contribution >= 4 is 11.9 Å². The monoisotopic (exact) mass is 562 g/mol. The summed E-state index contributed by atoms with van der Waals surface area (Å²) in [6, 6.07) is 0. The second-order valence-electron chi connectivity index (χ2n) is 15.1. The summed E-state index contributed by atoms with van der Waals surface area (Å²) in [5.41, 5.74) is 0.866. The lowest BCUT2D eigenvalue weighted by molar-refractivity contribution is -0.165. The molecule has 6 nitrogen and oxygen atoms in total. The van der Waals surface area contributed by atoms with Crippen LogP contribution in [0.4, 0.5) is 0 Å². The standard InChI is InChI=1S/C34H58O6/c1-22(2)7-6-8-23(3)28-11-12-29-27-10-9-24-19-25(15-17-33(24,4)30(27)16-18-34(28,29)5)39-31(37)13-14-32(38)40-26(20-35)21-36/h22-30,35-36H,6-21H2,1-5H3/t23-,24?,25+,27?,28-,29?,30?,33+,34-/m1/s1. The molecule has 230 valence electrons. The number of carbonyl (C=O) groups excluding carboxylic acids is 2. The van der Waals surface area contributed by atoms with E-state index in [0.29, 0.717) is 16.7 Å². The molecule has 4 rings (SSSR count). The minimum absolute atomic E-state index is 0.0249. The summed E-state index contributed by atoms with van der Waals surface area (Å²) < 4.78 is 10.8. The van der Waals surface area contributed by atoms with Gasteiger partial charge in [-0.25, -0.2) is 0 Å². The number of hydrogen-bond donors (Lipinski definition) is 2. The van der Waals surface area contributed by atoms with Crippen molar-refractivity contribution in [3.63, 3.8) is 0 Å². The van der Waals surface area contributed by atoms with Crippen LogP contribution in [0.5, 0.6) is 0 Å². The van der Waals surface area contributed by atoms with Crippen LogP contribution < -0.4 is 0 Å². The molecule has 0 spiro atoms. The topological polar surface area (TPSA) is 93.1 Å². The van der Waals surface area contributed by atoms with Crippen molar-refractivity contribution in [1.82, 2.24) is 0 Å². The molecule has 2 N–H and O–H groups in total. The van der Waals surface area contributed by atoms with E-state index < -0.39 is 25.3 Å². The molecule has 40 heavy (non-hydrogen) atoms. The minimum Gasteiger partial charge on any atom is -0.462 e. The van der Waals surface area contributed by atoms with Gasteiger partial charge in [-0.3, -0.25) is 9.59 Å². The molecule has 4 saturated carbocycles. The molecule has 0 amide bonds. The van der Waals surface area contributed by atoms with E-state index in [1.54, 1.807) is 0 Å². The molecule has 0 saturated heterocycles. The Balaban J connectivity index is 1.29. The number of rotatable bonds is 12. The average molecular weight is 563 g/mol. The van der Waals surface area contributed by atoms with Crippen molar-refractivity contribution in [3.05, 3.63) is 0 Å². The van der Waals surface area contributed by atoms with Gasteiger partial charge in [-0.1, -0.05) is 53.9 Å². The molecular weight excluding hydrogens is 504 g/mol. The molecule has 0 bridgehead atoms. The van der Waals surface area contributed by atoms with Gasteiger partial charge in [0.1, 0.15) is 12.2 Å². The van der Waals surface area contributed by atoms with Crippen molar-refractivity contribution < 1.29 is 29.3 Å². The molecule has 0 aromatic carbocycles. The van der Waals surface area contributed by atoms with Gasteiger partial charge in [0.05, 0.1) is 26.1 Å². The third kappa shape index (κ3) is 6.74. The largest absolute Gasteiger partial charge is 0.462 e. The lowest BCUT2D eigenvalue weighted by Gasteiger charge is -2.61. The first kappa shape index (κ1) is 31.8. The maximum absolute atomic E-state index is 12.5. The summed E-state index contributed by atoms with van der Waals surface area (Å²) >= 11 is 0. The van der Waals surface area contributed by atoms with Crippen LogP contribution in [0.3, 0.4) is 0 Å². The fourth-order valence-corrected chi connectivity index (χ4v) is 10.2. The predicted octanol–water partition coefficient (Wildman–Crippen LogP) is 6.70. The van der Waals surface area contributed by atoms with Crippen LogP contribution in [0.25, 0.3) is 0 Å². The highest BCUT2D eigenvalue weighted by Gasteiger charge is 2.60. The Labute approximate surface area is 243 Å². The van der Waals surface area contributed by atoms with Crippen molar-refractivity contribution in [2.24, 2.45) is 52.3 Å². The highest BCUT2D eigenvalue weighted by Crippen LogP contribution is 2.68. The van der Waals surface area contributed by atoms with E-state index in [1.807, 2.05) is 0 Å². The molecule has 4 aliphatic carbocycles. The first-order chi connectivity index (χ1) is 19.0. The van der Waals surface area contributed by atoms with E-state index in [2.05, 4.69) is 34.6 Å². The number of aliphatic hydroxyl groups is 2. The quantitative estimate of drug-likeness (QED) is 0.257. The average Bonchev–Trinajstić information content (AvgIpc) is 3.27. The van der Waals surface area contributed by atoms with Crippen LogP contribution in [-0.2, 0) is 19.1 Å². The summed E-state index contributed by atoms with van der Waals surface area (Å²) in [7, 11) is 0. The van der Waals surface area contributed by atoms with Crippen molar-refractivity contribution in [2.45, 2.75) is 137 Å². The fraction of sp³-hybridized carbons (Fsp3) is 0.941. The smallest absolute Gasteiger partial charge is 0.306 e. The predicted molar refractivity (Wildman–Crippen MR) is 156 cm³/mol. The van der Waals surface area contributed by atoms with E-state index in [0.717, 1.165) is 54.8 Å². The van der Waals surface area contributed by atoms with E-state index in [-0.39, 0.29) is 24.9 Å². The Bertz CT molecular complexity index is 853. The van der Waals surface area contributed by atoms with Gasteiger partial charge >= 0.3 is 11.9 Å². The van der Waals surface area contributed by atoms with E-state index in [1.165, 1.54) is 57.8 Å². The summed E-state index contributed by atoms with van der Waals surface area (Å²) in [5, 5.41) is 18.1. The summed E-state index contributed by atoms with van der Waals surface area (Å²) in [6.07, 6.45) is 14.2. The van der Waals surface area contributed by atoms with Crippen LogP contribution in [0.1, 0.15) is 125 Å². The minimum atomic E-state index is -0.930. The van der Waals surface area contributed by atoms with Crippen LogP contribution in [0, 0.1) is 52.3 Å². The van der Waals surface area contributed by atoms with Gasteiger partial charge in [-0.2, -0.15) is 0 Å². The lowest BCUT2D eigenvalue weighted by atomic mass is 9.44. The maximum atomic E-state index is 12.5. The molecule has 6 heteroatoms. The Morgan fingerprint density at radius 2 is 1.50 bits per heavy atom. The number of carbonyl (C=O) groups is 2.